The molecule has 3 aromatic rings. The van der Waals surface area contributed by atoms with Gasteiger partial charge in [-0.05, 0) is 63.1 Å². The Hall–Kier alpha value is -4.47. The number of pyridine rings is 1. The predicted octanol–water partition coefficient (Wildman–Crippen LogP) is 3.64. The molecule has 0 unspecified atom stereocenters. The highest BCUT2D eigenvalue weighted by molar-refractivity contribution is 6.08. The minimum absolute atomic E-state index is 0.0116. The van der Waals surface area contributed by atoms with Gasteiger partial charge in [0.2, 0.25) is 12.3 Å². The lowest BCUT2D eigenvalue weighted by Gasteiger charge is -2.29. The molecule has 1 aromatic heterocycles. The summed E-state index contributed by atoms with van der Waals surface area (Å²) in [5, 5.41) is 2.90. The third-order valence-electron chi connectivity index (χ3n) is 6.60. The molecule has 3 rings (SSSR count). The number of benzene rings is 2. The monoisotopic (exact) mass is 521 g/mol. The second kappa shape index (κ2) is 10.5. The van der Waals surface area contributed by atoms with Gasteiger partial charge in [0.25, 0.3) is 11.5 Å². The molecule has 0 atom stereocenters. The number of aryl methyl sites for hydroxylation is 1. The van der Waals surface area contributed by atoms with Gasteiger partial charge in [-0.3, -0.25) is 28.6 Å². The van der Waals surface area contributed by atoms with Gasteiger partial charge < -0.3 is 16.0 Å². The number of amides is 3. The third-order valence-corrected chi connectivity index (χ3v) is 6.60. The lowest BCUT2D eigenvalue weighted by molar-refractivity contribution is -0.122. The SMILES string of the molecule is Cc1ccc(Nc2c(C(=O)N(C)C)c(N(C=O)c3cccc(C(C)(C)C(N)=O)c3)c(C)c(=O)n2C)c(F)c1. The highest BCUT2D eigenvalue weighted by Gasteiger charge is 2.31. The maximum absolute atomic E-state index is 14.8. The molecule has 0 spiro atoms. The second-order valence-corrected chi connectivity index (χ2v) is 9.88. The van der Waals surface area contributed by atoms with Crippen LogP contribution in [0, 0.1) is 19.7 Å². The Labute approximate surface area is 220 Å². The first-order chi connectivity index (χ1) is 17.7. The first kappa shape index (κ1) is 28.1. The quantitative estimate of drug-likeness (QED) is 0.439. The highest BCUT2D eigenvalue weighted by Crippen LogP contribution is 2.37. The fourth-order valence-electron chi connectivity index (χ4n) is 4.07. The number of halogens is 1. The topological polar surface area (TPSA) is 118 Å². The molecule has 1 heterocycles. The molecule has 3 N–H and O–H groups in total. The van der Waals surface area contributed by atoms with E-state index in [1.807, 2.05) is 0 Å². The fraction of sp³-hybridized carbons (Fsp3) is 0.286. The van der Waals surface area contributed by atoms with Crippen molar-refractivity contribution in [2.24, 2.45) is 12.8 Å². The van der Waals surface area contributed by atoms with Crippen molar-refractivity contribution in [3.63, 3.8) is 0 Å². The Morgan fingerprint density at radius 3 is 2.32 bits per heavy atom. The van der Waals surface area contributed by atoms with Crippen molar-refractivity contribution in [3.8, 4) is 0 Å². The molecule has 0 fully saturated rings. The zero-order chi connectivity index (χ0) is 28.5. The van der Waals surface area contributed by atoms with Gasteiger partial charge in [-0.2, -0.15) is 0 Å². The summed E-state index contributed by atoms with van der Waals surface area (Å²) in [4.78, 5) is 54.0. The van der Waals surface area contributed by atoms with Gasteiger partial charge in [-0.15, -0.1) is 0 Å². The van der Waals surface area contributed by atoms with Crippen LogP contribution in [0.25, 0.3) is 0 Å². The first-order valence-corrected chi connectivity index (χ1v) is 11.9. The summed E-state index contributed by atoms with van der Waals surface area (Å²) in [5.74, 6) is -1.64. The van der Waals surface area contributed by atoms with E-state index >= 15 is 0 Å². The van der Waals surface area contributed by atoms with E-state index in [-0.39, 0.29) is 28.3 Å². The predicted molar refractivity (Wildman–Crippen MR) is 146 cm³/mol. The molecule has 0 radical (unpaired) electrons. The molecule has 0 aliphatic carbocycles. The van der Waals surface area contributed by atoms with Crippen LogP contribution in [0.15, 0.2) is 47.3 Å². The number of nitrogens with one attached hydrogen (secondary N) is 1. The van der Waals surface area contributed by atoms with E-state index in [9.17, 15) is 23.6 Å². The number of carbonyl (C=O) groups is 3. The van der Waals surface area contributed by atoms with Crippen molar-refractivity contribution in [2.75, 3.05) is 24.3 Å². The molecule has 0 bridgehead atoms. The van der Waals surface area contributed by atoms with Crippen molar-refractivity contribution in [1.29, 1.82) is 0 Å². The van der Waals surface area contributed by atoms with Crippen LogP contribution in [-0.2, 0) is 22.1 Å². The summed E-state index contributed by atoms with van der Waals surface area (Å²) in [6.07, 6.45) is 0.487. The van der Waals surface area contributed by atoms with Crippen LogP contribution in [0.1, 0.15) is 40.9 Å². The maximum Gasteiger partial charge on any atom is 0.259 e. The summed E-state index contributed by atoms with van der Waals surface area (Å²) in [6.45, 7) is 6.56. The Bertz CT molecular complexity index is 1490. The largest absolute Gasteiger partial charge is 0.369 e. The van der Waals surface area contributed by atoms with Gasteiger partial charge in [0.05, 0.1) is 16.8 Å². The van der Waals surface area contributed by atoms with Crippen molar-refractivity contribution in [3.05, 3.63) is 80.9 Å². The summed E-state index contributed by atoms with van der Waals surface area (Å²) in [7, 11) is 4.52. The molecule has 9 nitrogen and oxygen atoms in total. The number of rotatable bonds is 8. The van der Waals surface area contributed by atoms with Crippen LogP contribution in [0.3, 0.4) is 0 Å². The van der Waals surface area contributed by atoms with Crippen LogP contribution < -0.4 is 21.5 Å². The molecule has 0 saturated heterocycles. The molecule has 0 saturated carbocycles. The summed E-state index contributed by atoms with van der Waals surface area (Å²) < 4.78 is 16.0. The molecule has 38 heavy (non-hydrogen) atoms. The van der Waals surface area contributed by atoms with E-state index in [0.717, 1.165) is 0 Å². The Kier molecular flexibility index (Phi) is 7.76. The maximum atomic E-state index is 14.8. The molecule has 10 heteroatoms. The van der Waals surface area contributed by atoms with Gasteiger partial charge in [0, 0.05) is 32.4 Å². The third kappa shape index (κ3) is 5.02. The fourth-order valence-corrected chi connectivity index (χ4v) is 4.07. The average molecular weight is 522 g/mol. The summed E-state index contributed by atoms with van der Waals surface area (Å²) in [5.41, 5.74) is 5.78. The van der Waals surface area contributed by atoms with E-state index in [4.69, 9.17) is 5.73 Å². The summed E-state index contributed by atoms with van der Waals surface area (Å²) in [6, 6.07) is 11.1. The van der Waals surface area contributed by atoms with Crippen molar-refractivity contribution < 1.29 is 18.8 Å². The highest BCUT2D eigenvalue weighted by atomic mass is 19.1. The van der Waals surface area contributed by atoms with Crippen LogP contribution >= 0.6 is 0 Å². The Balaban J connectivity index is 2.37. The van der Waals surface area contributed by atoms with Gasteiger partial charge in [0.15, 0.2) is 0 Å². The first-order valence-electron chi connectivity index (χ1n) is 11.9. The molecule has 3 amide bonds. The zero-order valence-electron chi connectivity index (χ0n) is 22.5. The summed E-state index contributed by atoms with van der Waals surface area (Å²) >= 11 is 0. The smallest absolute Gasteiger partial charge is 0.259 e. The van der Waals surface area contributed by atoms with Crippen LogP contribution in [0.2, 0.25) is 0 Å². The van der Waals surface area contributed by atoms with Crippen LogP contribution in [-0.4, -0.2) is 41.8 Å². The van der Waals surface area contributed by atoms with Crippen LogP contribution in [0.5, 0.6) is 0 Å². The number of hydrogen-bond donors (Lipinski definition) is 2. The van der Waals surface area contributed by atoms with Crippen LogP contribution in [0.4, 0.5) is 27.3 Å². The number of primary amides is 1. The molecular formula is C28H32FN5O4. The van der Waals surface area contributed by atoms with Gasteiger partial charge in [-0.1, -0.05) is 18.2 Å². The van der Waals surface area contributed by atoms with Gasteiger partial charge in [0.1, 0.15) is 17.2 Å². The van der Waals surface area contributed by atoms with Gasteiger partial charge >= 0.3 is 0 Å². The Morgan fingerprint density at radius 2 is 1.76 bits per heavy atom. The number of carbonyl (C=O) groups excluding carboxylic acids is 3. The standard InChI is InChI=1S/C28H32FN5O4/c1-16-11-12-21(20(29)13-16)31-24-22(26(37)32(5)6)23(17(2)25(36)33(24)7)34(15-35)19-10-8-9-18(14-19)28(3,4)27(30)38/h8-15,31H,1-7H3,(H2,30,38). The van der Waals surface area contributed by atoms with Crippen molar-refractivity contribution in [2.45, 2.75) is 33.1 Å². The minimum Gasteiger partial charge on any atom is -0.369 e. The lowest BCUT2D eigenvalue weighted by Crippen LogP contribution is -2.36. The van der Waals surface area contributed by atoms with Crippen molar-refractivity contribution >= 4 is 41.1 Å². The van der Waals surface area contributed by atoms with E-state index < -0.39 is 28.6 Å². The zero-order valence-corrected chi connectivity index (χ0v) is 22.5. The second-order valence-electron chi connectivity index (χ2n) is 9.88. The van der Waals surface area contributed by atoms with E-state index in [1.54, 1.807) is 51.1 Å². The molecule has 0 aliphatic heterocycles. The number of nitrogens with two attached hydrogens (primary N) is 1. The number of nitrogens with zero attached hydrogens (tertiary/aromatic N) is 3. The molecular weight excluding hydrogens is 489 g/mol. The van der Waals surface area contributed by atoms with E-state index in [1.165, 1.54) is 54.6 Å². The van der Waals surface area contributed by atoms with Gasteiger partial charge in [-0.25, -0.2) is 4.39 Å². The molecule has 0 aliphatic rings. The lowest BCUT2D eigenvalue weighted by atomic mass is 9.84. The minimum atomic E-state index is -1.05. The average Bonchev–Trinajstić information content (AvgIpc) is 2.86. The number of anilines is 4. The number of aromatic nitrogens is 1. The Morgan fingerprint density at radius 1 is 1.11 bits per heavy atom. The molecule has 2 aromatic carbocycles. The normalized spacial score (nSPS) is 11.2. The van der Waals surface area contributed by atoms with E-state index in [2.05, 4.69) is 5.32 Å². The number of hydrogen-bond acceptors (Lipinski definition) is 5. The molecule has 200 valence electrons. The van der Waals surface area contributed by atoms with Crippen molar-refractivity contribution in [1.82, 2.24) is 9.47 Å². The van der Waals surface area contributed by atoms with E-state index in [0.29, 0.717) is 23.2 Å².